The zero-order valence-electron chi connectivity index (χ0n) is 9.38. The lowest BCUT2D eigenvalue weighted by molar-refractivity contribution is -0.120. The zero-order chi connectivity index (χ0) is 10.8. The number of rotatable bonds is 8. The topological polar surface area (TPSA) is 49.3 Å². The van der Waals surface area contributed by atoms with Gasteiger partial charge in [0, 0.05) is 19.6 Å². The molecule has 0 aromatic rings. The SMILES string of the molecule is CCC(=O)NCCCCC(CC)CO. The minimum atomic E-state index is 0.124. The minimum Gasteiger partial charge on any atom is -0.396 e. The van der Waals surface area contributed by atoms with E-state index in [0.717, 1.165) is 32.2 Å². The molecule has 0 radical (unpaired) electrons. The molecule has 0 aromatic heterocycles. The molecule has 14 heavy (non-hydrogen) atoms. The Morgan fingerprint density at radius 3 is 2.57 bits per heavy atom. The lowest BCUT2D eigenvalue weighted by Crippen LogP contribution is -2.23. The number of aliphatic hydroxyl groups excluding tert-OH is 1. The molecule has 0 rings (SSSR count). The fourth-order valence-corrected chi connectivity index (χ4v) is 1.34. The van der Waals surface area contributed by atoms with E-state index < -0.39 is 0 Å². The second kappa shape index (κ2) is 9.00. The van der Waals surface area contributed by atoms with Crippen LogP contribution >= 0.6 is 0 Å². The van der Waals surface area contributed by atoms with Crippen molar-refractivity contribution < 1.29 is 9.90 Å². The van der Waals surface area contributed by atoms with E-state index in [1.165, 1.54) is 0 Å². The quantitative estimate of drug-likeness (QED) is 0.587. The van der Waals surface area contributed by atoms with Crippen molar-refractivity contribution in [1.82, 2.24) is 5.32 Å². The summed E-state index contributed by atoms with van der Waals surface area (Å²) < 4.78 is 0. The third kappa shape index (κ3) is 6.89. The molecule has 0 aliphatic heterocycles. The predicted octanol–water partition coefficient (Wildman–Crippen LogP) is 1.70. The van der Waals surface area contributed by atoms with Gasteiger partial charge in [-0.2, -0.15) is 0 Å². The molecule has 1 atom stereocenters. The summed E-state index contributed by atoms with van der Waals surface area (Å²) in [6, 6.07) is 0. The number of hydrogen-bond donors (Lipinski definition) is 2. The van der Waals surface area contributed by atoms with Crippen LogP contribution in [0.15, 0.2) is 0 Å². The standard InChI is InChI=1S/C11H23NO2/c1-3-10(9-13)7-5-6-8-12-11(14)4-2/h10,13H,3-9H2,1-2H3,(H,12,14). The van der Waals surface area contributed by atoms with Crippen LogP contribution in [0.25, 0.3) is 0 Å². The van der Waals surface area contributed by atoms with Gasteiger partial charge in [0.05, 0.1) is 0 Å². The second-order valence-electron chi connectivity index (χ2n) is 3.66. The van der Waals surface area contributed by atoms with Gasteiger partial charge in [-0.25, -0.2) is 0 Å². The summed E-state index contributed by atoms with van der Waals surface area (Å²) in [5.74, 6) is 0.566. The second-order valence-corrected chi connectivity index (χ2v) is 3.66. The van der Waals surface area contributed by atoms with Gasteiger partial charge < -0.3 is 10.4 Å². The maximum atomic E-state index is 10.9. The summed E-state index contributed by atoms with van der Waals surface area (Å²) in [4.78, 5) is 10.9. The van der Waals surface area contributed by atoms with E-state index in [4.69, 9.17) is 5.11 Å². The Morgan fingerprint density at radius 1 is 1.36 bits per heavy atom. The summed E-state index contributed by atoms with van der Waals surface area (Å²) in [6.07, 6.45) is 4.77. The van der Waals surface area contributed by atoms with Crippen LogP contribution in [-0.2, 0) is 4.79 Å². The van der Waals surface area contributed by atoms with Crippen molar-refractivity contribution in [2.24, 2.45) is 5.92 Å². The first-order valence-corrected chi connectivity index (χ1v) is 5.62. The molecule has 0 saturated heterocycles. The van der Waals surface area contributed by atoms with E-state index in [2.05, 4.69) is 12.2 Å². The van der Waals surface area contributed by atoms with E-state index in [1.54, 1.807) is 0 Å². The molecule has 0 aliphatic carbocycles. The Hall–Kier alpha value is -0.570. The van der Waals surface area contributed by atoms with Gasteiger partial charge in [0.2, 0.25) is 5.91 Å². The molecule has 3 heteroatoms. The highest BCUT2D eigenvalue weighted by Crippen LogP contribution is 2.10. The van der Waals surface area contributed by atoms with Crippen LogP contribution in [0.4, 0.5) is 0 Å². The van der Waals surface area contributed by atoms with Crippen molar-refractivity contribution in [3.8, 4) is 0 Å². The summed E-state index contributed by atoms with van der Waals surface area (Å²) in [5, 5.41) is 11.8. The smallest absolute Gasteiger partial charge is 0.219 e. The average Bonchev–Trinajstić information content (AvgIpc) is 2.23. The number of hydrogen-bond acceptors (Lipinski definition) is 2. The van der Waals surface area contributed by atoms with Crippen molar-refractivity contribution in [2.45, 2.75) is 46.0 Å². The average molecular weight is 201 g/mol. The maximum absolute atomic E-state index is 10.9. The Labute approximate surface area is 86.9 Å². The maximum Gasteiger partial charge on any atom is 0.219 e. The molecule has 0 saturated carbocycles. The van der Waals surface area contributed by atoms with Crippen molar-refractivity contribution in [3.05, 3.63) is 0 Å². The van der Waals surface area contributed by atoms with Gasteiger partial charge in [-0.05, 0) is 18.8 Å². The molecule has 0 aromatic carbocycles. The summed E-state index contributed by atoms with van der Waals surface area (Å²) >= 11 is 0. The largest absolute Gasteiger partial charge is 0.396 e. The lowest BCUT2D eigenvalue weighted by atomic mass is 10.0. The Bertz CT molecular complexity index is 144. The number of carbonyl (C=O) groups is 1. The fraction of sp³-hybridized carbons (Fsp3) is 0.909. The van der Waals surface area contributed by atoms with E-state index in [1.807, 2.05) is 6.92 Å². The molecule has 0 fully saturated rings. The lowest BCUT2D eigenvalue weighted by Gasteiger charge is -2.10. The third-order valence-corrected chi connectivity index (χ3v) is 2.52. The van der Waals surface area contributed by atoms with Crippen molar-refractivity contribution in [3.63, 3.8) is 0 Å². The molecule has 0 heterocycles. The number of amides is 1. The number of aliphatic hydroxyl groups is 1. The van der Waals surface area contributed by atoms with E-state index in [0.29, 0.717) is 12.3 Å². The summed E-state index contributed by atoms with van der Waals surface area (Å²) in [5.41, 5.74) is 0. The van der Waals surface area contributed by atoms with Gasteiger partial charge in [-0.15, -0.1) is 0 Å². The molecule has 1 amide bonds. The monoisotopic (exact) mass is 201 g/mol. The fourth-order valence-electron chi connectivity index (χ4n) is 1.34. The van der Waals surface area contributed by atoms with Crippen molar-refractivity contribution >= 4 is 5.91 Å². The number of carbonyl (C=O) groups excluding carboxylic acids is 1. The van der Waals surface area contributed by atoms with Crippen LogP contribution in [-0.4, -0.2) is 24.2 Å². The Balaban J connectivity index is 3.24. The molecule has 2 N–H and O–H groups in total. The van der Waals surface area contributed by atoms with Crippen LogP contribution in [0, 0.1) is 5.92 Å². The van der Waals surface area contributed by atoms with Gasteiger partial charge in [-0.3, -0.25) is 4.79 Å². The summed E-state index contributed by atoms with van der Waals surface area (Å²) in [6.45, 7) is 5.01. The highest BCUT2D eigenvalue weighted by Gasteiger charge is 2.03. The Morgan fingerprint density at radius 2 is 2.07 bits per heavy atom. The number of unbranched alkanes of at least 4 members (excludes halogenated alkanes) is 1. The normalized spacial score (nSPS) is 12.5. The van der Waals surface area contributed by atoms with Crippen LogP contribution in [0.5, 0.6) is 0 Å². The first-order chi connectivity index (χ1) is 6.74. The van der Waals surface area contributed by atoms with Crippen molar-refractivity contribution in [1.29, 1.82) is 0 Å². The molecule has 1 unspecified atom stereocenters. The molecular formula is C11H23NO2. The van der Waals surface area contributed by atoms with Crippen LogP contribution in [0.3, 0.4) is 0 Å². The highest BCUT2D eigenvalue weighted by molar-refractivity contribution is 5.75. The third-order valence-electron chi connectivity index (χ3n) is 2.52. The minimum absolute atomic E-state index is 0.124. The molecular weight excluding hydrogens is 178 g/mol. The van der Waals surface area contributed by atoms with Gasteiger partial charge in [0.25, 0.3) is 0 Å². The van der Waals surface area contributed by atoms with E-state index in [9.17, 15) is 4.79 Å². The van der Waals surface area contributed by atoms with E-state index >= 15 is 0 Å². The van der Waals surface area contributed by atoms with Crippen LogP contribution in [0.1, 0.15) is 46.0 Å². The molecule has 0 spiro atoms. The van der Waals surface area contributed by atoms with Crippen LogP contribution < -0.4 is 5.32 Å². The Kier molecular flexibility index (Phi) is 8.64. The van der Waals surface area contributed by atoms with Gasteiger partial charge >= 0.3 is 0 Å². The molecule has 0 bridgehead atoms. The molecule has 0 aliphatic rings. The molecule has 84 valence electrons. The first-order valence-electron chi connectivity index (χ1n) is 5.62. The first kappa shape index (κ1) is 13.4. The zero-order valence-corrected chi connectivity index (χ0v) is 9.38. The highest BCUT2D eigenvalue weighted by atomic mass is 16.3. The summed E-state index contributed by atoms with van der Waals surface area (Å²) in [7, 11) is 0. The predicted molar refractivity (Wildman–Crippen MR) is 58.0 cm³/mol. The van der Waals surface area contributed by atoms with Gasteiger partial charge in [-0.1, -0.05) is 26.7 Å². The van der Waals surface area contributed by atoms with E-state index in [-0.39, 0.29) is 12.5 Å². The van der Waals surface area contributed by atoms with Gasteiger partial charge in [0.1, 0.15) is 0 Å². The number of nitrogens with one attached hydrogen (secondary N) is 1. The van der Waals surface area contributed by atoms with Crippen molar-refractivity contribution in [2.75, 3.05) is 13.2 Å². The van der Waals surface area contributed by atoms with Crippen LogP contribution in [0.2, 0.25) is 0 Å². The van der Waals surface area contributed by atoms with Gasteiger partial charge in [0.15, 0.2) is 0 Å². The molecule has 3 nitrogen and oxygen atoms in total.